The van der Waals surface area contributed by atoms with E-state index in [1.807, 2.05) is 0 Å². The summed E-state index contributed by atoms with van der Waals surface area (Å²) in [6, 6.07) is 1.53. The van der Waals surface area contributed by atoms with Crippen LogP contribution in [0.5, 0.6) is 0 Å². The van der Waals surface area contributed by atoms with E-state index in [9.17, 15) is 17.6 Å². The molecule has 0 aliphatic rings. The van der Waals surface area contributed by atoms with Crippen LogP contribution in [0.25, 0.3) is 0 Å². The maximum atomic E-state index is 12.6. The van der Waals surface area contributed by atoms with Crippen molar-refractivity contribution in [1.29, 1.82) is 0 Å². The number of alkyl halides is 2. The molecule has 0 unspecified atom stereocenters. The van der Waals surface area contributed by atoms with Crippen molar-refractivity contribution in [2.45, 2.75) is 13.3 Å². The Kier molecular flexibility index (Phi) is 2.35. The largest absolute Gasteiger partial charge is 0.267 e. The Labute approximate surface area is 66.8 Å². The van der Waals surface area contributed by atoms with Crippen LogP contribution < -0.4 is 0 Å². The highest BCUT2D eigenvalue weighted by Gasteiger charge is 2.18. The molecule has 0 aliphatic carbocycles. The summed E-state index contributed by atoms with van der Waals surface area (Å²) in [4.78, 5) is 0. The topological polar surface area (TPSA) is 0 Å². The molecule has 12 heavy (non-hydrogen) atoms. The highest BCUT2D eigenvalue weighted by molar-refractivity contribution is 5.29. The SMILES string of the molecule is Cc1c(F)ccc(F)c1C(F)F. The summed E-state index contributed by atoms with van der Waals surface area (Å²) in [5.74, 6) is -1.88. The summed E-state index contributed by atoms with van der Waals surface area (Å²) in [6.07, 6.45) is -2.97. The van der Waals surface area contributed by atoms with E-state index in [0.717, 1.165) is 13.0 Å². The lowest BCUT2D eigenvalue weighted by molar-refractivity contribution is 0.145. The number of hydrogen-bond acceptors (Lipinski definition) is 0. The Bertz CT molecular complexity index is 293. The molecule has 0 nitrogen and oxygen atoms in total. The lowest BCUT2D eigenvalue weighted by Crippen LogP contribution is -1.97. The maximum absolute atomic E-state index is 12.6. The summed E-state index contributed by atoms with van der Waals surface area (Å²) in [5.41, 5.74) is -1.18. The van der Waals surface area contributed by atoms with Crippen LogP contribution >= 0.6 is 0 Å². The Morgan fingerprint density at radius 1 is 1.08 bits per heavy atom. The average Bonchev–Trinajstić information content (AvgIpc) is 1.97. The van der Waals surface area contributed by atoms with Crippen molar-refractivity contribution in [1.82, 2.24) is 0 Å². The predicted molar refractivity (Wildman–Crippen MR) is 36.1 cm³/mol. The molecule has 4 heteroatoms. The molecule has 0 fully saturated rings. The molecular formula is C8H6F4. The van der Waals surface area contributed by atoms with Gasteiger partial charge in [0.05, 0.1) is 5.56 Å². The van der Waals surface area contributed by atoms with Crippen molar-refractivity contribution in [3.63, 3.8) is 0 Å². The normalized spacial score (nSPS) is 10.8. The molecule has 1 rings (SSSR count). The van der Waals surface area contributed by atoms with E-state index in [4.69, 9.17) is 0 Å². The van der Waals surface area contributed by atoms with Crippen molar-refractivity contribution >= 4 is 0 Å². The fourth-order valence-electron chi connectivity index (χ4n) is 0.937. The summed E-state index contributed by atoms with van der Waals surface area (Å²) in [5, 5.41) is 0. The van der Waals surface area contributed by atoms with Crippen LogP contribution in [0.15, 0.2) is 12.1 Å². The van der Waals surface area contributed by atoms with Gasteiger partial charge in [0, 0.05) is 0 Å². The Morgan fingerprint density at radius 3 is 2.00 bits per heavy atom. The lowest BCUT2D eigenvalue weighted by atomic mass is 10.1. The van der Waals surface area contributed by atoms with Gasteiger partial charge >= 0.3 is 0 Å². The highest BCUT2D eigenvalue weighted by atomic mass is 19.3. The highest BCUT2D eigenvalue weighted by Crippen LogP contribution is 2.26. The second-order valence-corrected chi connectivity index (χ2v) is 2.37. The third-order valence-corrected chi connectivity index (χ3v) is 1.61. The van der Waals surface area contributed by atoms with Crippen molar-refractivity contribution in [3.05, 3.63) is 34.9 Å². The standard InChI is InChI=1S/C8H6F4/c1-4-5(9)2-3-6(10)7(4)8(11)12/h2-3,8H,1H3. The minimum absolute atomic E-state index is 0.329. The minimum Gasteiger partial charge on any atom is -0.207 e. The van der Waals surface area contributed by atoms with E-state index < -0.39 is 23.6 Å². The molecule has 66 valence electrons. The van der Waals surface area contributed by atoms with Gasteiger partial charge in [-0.25, -0.2) is 17.6 Å². The average molecular weight is 178 g/mol. The van der Waals surface area contributed by atoms with E-state index in [0.29, 0.717) is 6.07 Å². The van der Waals surface area contributed by atoms with Crippen LogP contribution in [0.3, 0.4) is 0 Å². The zero-order valence-corrected chi connectivity index (χ0v) is 6.24. The van der Waals surface area contributed by atoms with Crippen LogP contribution in [-0.4, -0.2) is 0 Å². The van der Waals surface area contributed by atoms with Gasteiger partial charge in [0.25, 0.3) is 6.43 Å². The Morgan fingerprint density at radius 2 is 1.58 bits per heavy atom. The first-order valence-electron chi connectivity index (χ1n) is 3.26. The van der Waals surface area contributed by atoms with Crippen LogP contribution in [0.2, 0.25) is 0 Å². The van der Waals surface area contributed by atoms with Gasteiger partial charge in [-0.1, -0.05) is 0 Å². The second-order valence-electron chi connectivity index (χ2n) is 2.37. The molecule has 0 amide bonds. The van der Waals surface area contributed by atoms with E-state index >= 15 is 0 Å². The third-order valence-electron chi connectivity index (χ3n) is 1.61. The maximum Gasteiger partial charge on any atom is 0.267 e. The molecule has 1 aromatic carbocycles. The molecule has 0 aromatic heterocycles. The van der Waals surface area contributed by atoms with Crippen molar-refractivity contribution in [2.75, 3.05) is 0 Å². The van der Waals surface area contributed by atoms with Crippen LogP contribution in [-0.2, 0) is 0 Å². The van der Waals surface area contributed by atoms with Gasteiger partial charge < -0.3 is 0 Å². The van der Waals surface area contributed by atoms with E-state index in [1.54, 1.807) is 0 Å². The molecule has 0 N–H and O–H groups in total. The first-order chi connectivity index (χ1) is 5.54. The molecule has 0 bridgehead atoms. The van der Waals surface area contributed by atoms with Crippen LogP contribution in [0.1, 0.15) is 17.6 Å². The zero-order chi connectivity index (χ0) is 9.30. The van der Waals surface area contributed by atoms with Gasteiger partial charge in [0.1, 0.15) is 11.6 Å². The minimum atomic E-state index is -2.97. The van der Waals surface area contributed by atoms with Gasteiger partial charge in [-0.05, 0) is 24.6 Å². The zero-order valence-electron chi connectivity index (χ0n) is 6.24. The summed E-state index contributed by atoms with van der Waals surface area (Å²) >= 11 is 0. The number of halogens is 4. The summed E-state index contributed by atoms with van der Waals surface area (Å²) in [6.45, 7) is 1.12. The molecule has 1 aromatic rings. The molecule has 0 radical (unpaired) electrons. The number of rotatable bonds is 1. The van der Waals surface area contributed by atoms with E-state index in [-0.39, 0.29) is 5.56 Å². The van der Waals surface area contributed by atoms with Gasteiger partial charge in [0.15, 0.2) is 0 Å². The number of hydrogen-bond donors (Lipinski definition) is 0. The van der Waals surface area contributed by atoms with Gasteiger partial charge in [0.2, 0.25) is 0 Å². The lowest BCUT2D eigenvalue weighted by Gasteiger charge is -2.05. The van der Waals surface area contributed by atoms with Gasteiger partial charge in [-0.2, -0.15) is 0 Å². The molecular weight excluding hydrogens is 172 g/mol. The second kappa shape index (κ2) is 3.13. The van der Waals surface area contributed by atoms with Crippen LogP contribution in [0, 0.1) is 18.6 Å². The Balaban J connectivity index is 3.33. The van der Waals surface area contributed by atoms with Crippen molar-refractivity contribution in [2.24, 2.45) is 0 Å². The predicted octanol–water partition coefficient (Wildman–Crippen LogP) is 3.21. The fourth-order valence-corrected chi connectivity index (χ4v) is 0.937. The number of benzene rings is 1. The van der Waals surface area contributed by atoms with E-state index in [2.05, 4.69) is 0 Å². The Hall–Kier alpha value is -1.06. The van der Waals surface area contributed by atoms with Crippen molar-refractivity contribution in [3.8, 4) is 0 Å². The third kappa shape index (κ3) is 1.42. The molecule has 0 atom stereocenters. The smallest absolute Gasteiger partial charge is 0.207 e. The first kappa shape index (κ1) is 9.03. The fraction of sp³-hybridized carbons (Fsp3) is 0.250. The van der Waals surface area contributed by atoms with Crippen molar-refractivity contribution < 1.29 is 17.6 Å². The van der Waals surface area contributed by atoms with Gasteiger partial charge in [-0.3, -0.25) is 0 Å². The molecule has 0 saturated carbocycles. The van der Waals surface area contributed by atoms with Gasteiger partial charge in [-0.15, -0.1) is 0 Å². The first-order valence-corrected chi connectivity index (χ1v) is 3.26. The molecule has 0 aliphatic heterocycles. The monoisotopic (exact) mass is 178 g/mol. The molecule has 0 spiro atoms. The summed E-state index contributed by atoms with van der Waals surface area (Å²) < 4.78 is 49.4. The molecule has 0 saturated heterocycles. The van der Waals surface area contributed by atoms with E-state index in [1.165, 1.54) is 0 Å². The van der Waals surface area contributed by atoms with Crippen LogP contribution in [0.4, 0.5) is 17.6 Å². The molecule has 0 heterocycles. The summed E-state index contributed by atoms with van der Waals surface area (Å²) in [7, 11) is 0. The quantitative estimate of drug-likeness (QED) is 0.579.